The highest BCUT2D eigenvalue weighted by atomic mass is 15.2. The molecule has 0 spiro atoms. The molecule has 0 unspecified atom stereocenters. The van der Waals surface area contributed by atoms with Crippen LogP contribution in [0.15, 0.2) is 0 Å². The number of hydrogen-bond acceptors (Lipinski definition) is 2. The third-order valence-electron chi connectivity index (χ3n) is 3.33. The number of rotatable bonds is 6. The van der Waals surface area contributed by atoms with Crippen molar-refractivity contribution in [2.75, 3.05) is 19.6 Å². The number of nitrogens with one attached hydrogen (secondary N) is 1. The second kappa shape index (κ2) is 6.41. The first-order valence-electron chi connectivity index (χ1n) is 6.25. The second-order valence-corrected chi connectivity index (χ2v) is 4.52. The quantitative estimate of drug-likeness (QED) is 0.704. The van der Waals surface area contributed by atoms with E-state index in [1.807, 2.05) is 0 Å². The van der Waals surface area contributed by atoms with Crippen molar-refractivity contribution in [1.29, 1.82) is 0 Å². The Hall–Kier alpha value is -0.0800. The summed E-state index contributed by atoms with van der Waals surface area (Å²) in [6, 6.07) is 1.50. The van der Waals surface area contributed by atoms with Crippen LogP contribution in [-0.2, 0) is 0 Å². The second-order valence-electron chi connectivity index (χ2n) is 4.52. The summed E-state index contributed by atoms with van der Waals surface area (Å²) >= 11 is 0. The minimum absolute atomic E-state index is 0.694. The van der Waals surface area contributed by atoms with E-state index in [1.54, 1.807) is 0 Å². The summed E-state index contributed by atoms with van der Waals surface area (Å²) < 4.78 is 0. The number of likely N-dealkylation sites (N-methyl/N-ethyl adjacent to an activating group) is 1. The molecule has 0 aromatic carbocycles. The molecule has 84 valence electrons. The van der Waals surface area contributed by atoms with Gasteiger partial charge in [-0.2, -0.15) is 0 Å². The summed E-state index contributed by atoms with van der Waals surface area (Å²) in [7, 11) is 0. The van der Waals surface area contributed by atoms with Gasteiger partial charge in [0.2, 0.25) is 0 Å². The average Bonchev–Trinajstić information content (AvgIpc) is 2.62. The van der Waals surface area contributed by atoms with E-state index in [-0.39, 0.29) is 0 Å². The lowest BCUT2D eigenvalue weighted by molar-refractivity contribution is 0.253. The van der Waals surface area contributed by atoms with Gasteiger partial charge in [0, 0.05) is 18.6 Å². The summed E-state index contributed by atoms with van der Waals surface area (Å²) in [6.45, 7) is 10.5. The Morgan fingerprint density at radius 1 is 1.43 bits per heavy atom. The number of likely N-dealkylation sites (tertiary alicyclic amines) is 1. The predicted octanol–water partition coefficient (Wildman–Crippen LogP) is 2.25. The summed E-state index contributed by atoms with van der Waals surface area (Å²) in [5, 5.41) is 3.65. The lowest BCUT2D eigenvalue weighted by Gasteiger charge is -2.24. The maximum absolute atomic E-state index is 3.65. The van der Waals surface area contributed by atoms with Crippen molar-refractivity contribution < 1.29 is 0 Å². The molecule has 0 saturated carbocycles. The maximum atomic E-state index is 3.65. The van der Waals surface area contributed by atoms with Gasteiger partial charge in [-0.3, -0.25) is 4.90 Å². The molecule has 0 amide bonds. The monoisotopic (exact) mass is 198 g/mol. The van der Waals surface area contributed by atoms with E-state index in [9.17, 15) is 0 Å². The van der Waals surface area contributed by atoms with E-state index >= 15 is 0 Å². The van der Waals surface area contributed by atoms with Crippen LogP contribution in [0.3, 0.4) is 0 Å². The Kier molecular flexibility index (Phi) is 5.49. The fourth-order valence-corrected chi connectivity index (χ4v) is 2.41. The van der Waals surface area contributed by atoms with Gasteiger partial charge in [-0.25, -0.2) is 0 Å². The number of hydrogen-bond donors (Lipinski definition) is 1. The third kappa shape index (κ3) is 3.58. The minimum atomic E-state index is 0.694. The minimum Gasteiger partial charge on any atom is -0.313 e. The maximum Gasteiger partial charge on any atom is 0.0221 e. The van der Waals surface area contributed by atoms with Crippen LogP contribution in [0.25, 0.3) is 0 Å². The van der Waals surface area contributed by atoms with Crippen LogP contribution >= 0.6 is 0 Å². The van der Waals surface area contributed by atoms with Crippen LogP contribution in [0.4, 0.5) is 0 Å². The standard InChI is InChI=1S/C12H26N2/c1-4-7-11(3)13-10-12-8-6-9-14(12)5-2/h11-13H,4-10H2,1-3H3/t11-,12+/m0/s1. The van der Waals surface area contributed by atoms with Crippen molar-refractivity contribution in [3.63, 3.8) is 0 Å². The Morgan fingerprint density at radius 3 is 2.86 bits per heavy atom. The van der Waals surface area contributed by atoms with E-state index in [1.165, 1.54) is 45.3 Å². The first kappa shape index (κ1) is 12.0. The zero-order chi connectivity index (χ0) is 10.4. The number of nitrogens with zero attached hydrogens (tertiary/aromatic N) is 1. The molecule has 14 heavy (non-hydrogen) atoms. The molecular formula is C12H26N2. The zero-order valence-electron chi connectivity index (χ0n) is 10.1. The van der Waals surface area contributed by atoms with Crippen molar-refractivity contribution in [3.05, 3.63) is 0 Å². The molecule has 0 aromatic rings. The summed E-state index contributed by atoms with van der Waals surface area (Å²) in [6.07, 6.45) is 5.37. The Morgan fingerprint density at radius 2 is 2.21 bits per heavy atom. The molecule has 1 aliphatic rings. The Bertz CT molecular complexity index is 147. The molecule has 1 saturated heterocycles. The highest BCUT2D eigenvalue weighted by Crippen LogP contribution is 2.15. The fraction of sp³-hybridized carbons (Fsp3) is 1.00. The summed E-state index contributed by atoms with van der Waals surface area (Å²) in [5.74, 6) is 0. The van der Waals surface area contributed by atoms with Gasteiger partial charge < -0.3 is 5.32 Å². The summed E-state index contributed by atoms with van der Waals surface area (Å²) in [5.41, 5.74) is 0. The van der Waals surface area contributed by atoms with Gasteiger partial charge >= 0.3 is 0 Å². The molecule has 1 aliphatic heterocycles. The van der Waals surface area contributed by atoms with E-state index in [0.717, 1.165) is 6.04 Å². The summed E-state index contributed by atoms with van der Waals surface area (Å²) in [4.78, 5) is 2.60. The SMILES string of the molecule is CCC[C@H](C)NC[C@H]1CCCN1CC. The molecular weight excluding hydrogens is 172 g/mol. The van der Waals surface area contributed by atoms with Crippen LogP contribution < -0.4 is 5.32 Å². The van der Waals surface area contributed by atoms with Crippen molar-refractivity contribution >= 4 is 0 Å². The highest BCUT2D eigenvalue weighted by molar-refractivity contribution is 4.80. The van der Waals surface area contributed by atoms with Crippen LogP contribution in [0.2, 0.25) is 0 Å². The molecule has 1 rings (SSSR count). The molecule has 0 aliphatic carbocycles. The largest absolute Gasteiger partial charge is 0.313 e. The van der Waals surface area contributed by atoms with Crippen LogP contribution in [0, 0.1) is 0 Å². The molecule has 1 fully saturated rings. The third-order valence-corrected chi connectivity index (χ3v) is 3.33. The first-order valence-corrected chi connectivity index (χ1v) is 6.25. The lowest BCUT2D eigenvalue weighted by atomic mass is 10.1. The van der Waals surface area contributed by atoms with Crippen molar-refractivity contribution in [2.24, 2.45) is 0 Å². The van der Waals surface area contributed by atoms with E-state index in [4.69, 9.17) is 0 Å². The first-order chi connectivity index (χ1) is 6.77. The van der Waals surface area contributed by atoms with Crippen molar-refractivity contribution in [3.8, 4) is 0 Å². The zero-order valence-corrected chi connectivity index (χ0v) is 10.1. The van der Waals surface area contributed by atoms with Crippen LogP contribution in [0.5, 0.6) is 0 Å². The lowest BCUT2D eigenvalue weighted by Crippen LogP contribution is -2.40. The molecule has 2 atom stereocenters. The Labute approximate surface area is 89.1 Å². The topological polar surface area (TPSA) is 15.3 Å². The van der Waals surface area contributed by atoms with Crippen LogP contribution in [-0.4, -0.2) is 36.6 Å². The molecule has 1 N–H and O–H groups in total. The molecule has 0 aromatic heterocycles. The van der Waals surface area contributed by atoms with Gasteiger partial charge in [-0.15, -0.1) is 0 Å². The van der Waals surface area contributed by atoms with Gasteiger partial charge in [-0.1, -0.05) is 20.3 Å². The van der Waals surface area contributed by atoms with E-state index < -0.39 is 0 Å². The molecule has 2 nitrogen and oxygen atoms in total. The van der Waals surface area contributed by atoms with E-state index in [0.29, 0.717) is 6.04 Å². The van der Waals surface area contributed by atoms with Gasteiger partial charge in [0.25, 0.3) is 0 Å². The van der Waals surface area contributed by atoms with Gasteiger partial charge in [-0.05, 0) is 39.3 Å². The normalized spacial score (nSPS) is 25.5. The molecule has 0 bridgehead atoms. The van der Waals surface area contributed by atoms with Crippen molar-refractivity contribution in [2.45, 2.75) is 58.5 Å². The fourth-order valence-electron chi connectivity index (χ4n) is 2.41. The van der Waals surface area contributed by atoms with Gasteiger partial charge in [0.15, 0.2) is 0 Å². The molecule has 0 radical (unpaired) electrons. The smallest absolute Gasteiger partial charge is 0.0221 e. The molecule has 1 heterocycles. The van der Waals surface area contributed by atoms with Gasteiger partial charge in [0.05, 0.1) is 0 Å². The van der Waals surface area contributed by atoms with Gasteiger partial charge in [0.1, 0.15) is 0 Å². The Balaban J connectivity index is 2.16. The predicted molar refractivity (Wildman–Crippen MR) is 62.6 cm³/mol. The van der Waals surface area contributed by atoms with Crippen LogP contribution in [0.1, 0.15) is 46.5 Å². The average molecular weight is 198 g/mol. The van der Waals surface area contributed by atoms with E-state index in [2.05, 4.69) is 31.0 Å². The molecule has 2 heteroatoms. The van der Waals surface area contributed by atoms with Crippen molar-refractivity contribution in [1.82, 2.24) is 10.2 Å². The highest BCUT2D eigenvalue weighted by Gasteiger charge is 2.22.